The largest absolute Gasteiger partial charge is 0.299 e. The van der Waals surface area contributed by atoms with Crippen LogP contribution in [0.2, 0.25) is 0 Å². The van der Waals surface area contributed by atoms with Crippen molar-refractivity contribution in [2.45, 2.75) is 19.8 Å². The van der Waals surface area contributed by atoms with Gasteiger partial charge in [-0.15, -0.1) is 0 Å². The Morgan fingerprint density at radius 2 is 2.08 bits per heavy atom. The number of hydrogen-bond acceptors (Lipinski definition) is 2. The molecular formula is C11H13NO. The molecule has 0 saturated heterocycles. The van der Waals surface area contributed by atoms with Crippen molar-refractivity contribution in [2.24, 2.45) is 0 Å². The first kappa shape index (κ1) is 9.65. The predicted molar refractivity (Wildman–Crippen MR) is 52.4 cm³/mol. The van der Waals surface area contributed by atoms with Crippen LogP contribution in [0.3, 0.4) is 0 Å². The van der Waals surface area contributed by atoms with E-state index in [1.54, 1.807) is 12.4 Å². The third kappa shape index (κ3) is 3.65. The molecule has 0 aromatic carbocycles. The Hall–Kier alpha value is -1.44. The molecule has 1 aromatic rings. The van der Waals surface area contributed by atoms with E-state index in [1.165, 1.54) is 0 Å². The highest BCUT2D eigenvalue weighted by molar-refractivity contribution is 5.82. The summed E-state index contributed by atoms with van der Waals surface area (Å²) >= 11 is 0. The first-order valence-corrected chi connectivity index (χ1v) is 4.23. The highest BCUT2D eigenvalue weighted by atomic mass is 16.1. The van der Waals surface area contributed by atoms with Gasteiger partial charge in [-0.3, -0.25) is 9.78 Å². The van der Waals surface area contributed by atoms with Gasteiger partial charge in [-0.05, 0) is 24.6 Å². The number of ketones is 1. The van der Waals surface area contributed by atoms with Gasteiger partial charge >= 0.3 is 0 Å². The average molecular weight is 175 g/mol. The van der Waals surface area contributed by atoms with Gasteiger partial charge in [-0.2, -0.15) is 0 Å². The van der Waals surface area contributed by atoms with Crippen molar-refractivity contribution in [3.63, 3.8) is 0 Å². The number of rotatable bonds is 4. The molecule has 0 fully saturated rings. The normalized spacial score (nSPS) is 9.62. The van der Waals surface area contributed by atoms with Crippen LogP contribution < -0.4 is 0 Å². The zero-order chi connectivity index (χ0) is 9.68. The number of aromatic nitrogens is 1. The van der Waals surface area contributed by atoms with E-state index >= 15 is 0 Å². The second-order valence-electron chi connectivity index (χ2n) is 3.20. The molecule has 1 heterocycles. The Morgan fingerprint density at radius 1 is 1.46 bits per heavy atom. The van der Waals surface area contributed by atoms with Gasteiger partial charge in [0.15, 0.2) is 0 Å². The van der Waals surface area contributed by atoms with Gasteiger partial charge in [-0.25, -0.2) is 0 Å². The van der Waals surface area contributed by atoms with E-state index in [0.717, 1.165) is 11.1 Å². The molecule has 0 N–H and O–H groups in total. The summed E-state index contributed by atoms with van der Waals surface area (Å²) in [4.78, 5) is 15.2. The minimum atomic E-state index is 0.207. The van der Waals surface area contributed by atoms with Crippen LogP contribution in [0.4, 0.5) is 0 Å². The highest BCUT2D eigenvalue weighted by Gasteiger charge is 2.02. The molecule has 0 aliphatic rings. The maximum Gasteiger partial charge on any atom is 0.141 e. The number of carbonyl (C=O) groups excluding carboxylic acids is 1. The molecule has 2 heteroatoms. The molecule has 0 radical (unpaired) electrons. The Kier molecular flexibility index (Phi) is 3.38. The molecule has 0 saturated carbocycles. The summed E-state index contributed by atoms with van der Waals surface area (Å²) in [5, 5.41) is 0. The van der Waals surface area contributed by atoms with Crippen LogP contribution in [0.15, 0.2) is 36.7 Å². The number of pyridine rings is 1. The van der Waals surface area contributed by atoms with Gasteiger partial charge in [-0.1, -0.05) is 12.2 Å². The van der Waals surface area contributed by atoms with Crippen molar-refractivity contribution in [3.05, 3.63) is 42.2 Å². The molecule has 1 aromatic heterocycles. The number of Topliss-reactive ketones (excluding diaryl/α,β-unsaturated/α-hetero) is 1. The zero-order valence-corrected chi connectivity index (χ0v) is 7.79. The molecule has 1 rings (SSSR count). The SMILES string of the molecule is C=C(C)CC(=O)Cc1ccncc1. The number of allylic oxidation sites excluding steroid dienone is 1. The van der Waals surface area contributed by atoms with E-state index in [1.807, 2.05) is 19.1 Å². The van der Waals surface area contributed by atoms with Crippen LogP contribution in [-0.4, -0.2) is 10.8 Å². The first-order chi connectivity index (χ1) is 6.18. The van der Waals surface area contributed by atoms with E-state index in [4.69, 9.17) is 0 Å². The molecule has 0 aliphatic carbocycles. The van der Waals surface area contributed by atoms with Gasteiger partial charge in [0.05, 0.1) is 0 Å². The quantitative estimate of drug-likeness (QED) is 0.656. The van der Waals surface area contributed by atoms with Gasteiger partial charge in [0.2, 0.25) is 0 Å². The average Bonchev–Trinajstić information content (AvgIpc) is 2.04. The molecule has 0 bridgehead atoms. The standard InChI is InChI=1S/C11H13NO/c1-9(2)7-11(13)8-10-3-5-12-6-4-10/h3-6H,1,7-8H2,2H3. The fourth-order valence-electron chi connectivity index (χ4n) is 1.13. The molecule has 68 valence electrons. The fourth-order valence-corrected chi connectivity index (χ4v) is 1.13. The maximum atomic E-state index is 11.3. The van der Waals surface area contributed by atoms with E-state index in [9.17, 15) is 4.79 Å². The number of hydrogen-bond donors (Lipinski definition) is 0. The topological polar surface area (TPSA) is 30.0 Å². The molecule has 0 atom stereocenters. The number of nitrogens with zero attached hydrogens (tertiary/aromatic N) is 1. The summed E-state index contributed by atoms with van der Waals surface area (Å²) < 4.78 is 0. The van der Waals surface area contributed by atoms with Crippen molar-refractivity contribution in [1.82, 2.24) is 4.98 Å². The van der Waals surface area contributed by atoms with Gasteiger partial charge in [0.25, 0.3) is 0 Å². The van der Waals surface area contributed by atoms with Crippen LogP contribution in [0.1, 0.15) is 18.9 Å². The molecule has 0 amide bonds. The van der Waals surface area contributed by atoms with Crippen LogP contribution >= 0.6 is 0 Å². The lowest BCUT2D eigenvalue weighted by Crippen LogP contribution is -2.02. The molecule has 0 unspecified atom stereocenters. The summed E-state index contributed by atoms with van der Waals surface area (Å²) in [6, 6.07) is 3.71. The van der Waals surface area contributed by atoms with Crippen LogP contribution in [0, 0.1) is 0 Å². The lowest BCUT2D eigenvalue weighted by molar-refractivity contribution is -0.117. The Bertz CT molecular complexity index is 303. The third-order valence-corrected chi connectivity index (χ3v) is 1.65. The van der Waals surface area contributed by atoms with Crippen molar-refractivity contribution in [2.75, 3.05) is 0 Å². The van der Waals surface area contributed by atoms with E-state index < -0.39 is 0 Å². The minimum Gasteiger partial charge on any atom is -0.299 e. The predicted octanol–water partition coefficient (Wildman–Crippen LogP) is 2.16. The van der Waals surface area contributed by atoms with Crippen molar-refractivity contribution in [1.29, 1.82) is 0 Å². The van der Waals surface area contributed by atoms with Crippen LogP contribution in [0.5, 0.6) is 0 Å². The van der Waals surface area contributed by atoms with Crippen molar-refractivity contribution in [3.8, 4) is 0 Å². The van der Waals surface area contributed by atoms with Crippen molar-refractivity contribution < 1.29 is 4.79 Å². The van der Waals surface area contributed by atoms with Gasteiger partial charge < -0.3 is 0 Å². The minimum absolute atomic E-state index is 0.207. The zero-order valence-electron chi connectivity index (χ0n) is 7.79. The summed E-state index contributed by atoms with van der Waals surface area (Å²) in [6.07, 6.45) is 4.35. The summed E-state index contributed by atoms with van der Waals surface area (Å²) in [5.41, 5.74) is 1.93. The van der Waals surface area contributed by atoms with E-state index in [0.29, 0.717) is 12.8 Å². The Morgan fingerprint density at radius 3 is 2.62 bits per heavy atom. The highest BCUT2D eigenvalue weighted by Crippen LogP contribution is 2.03. The lowest BCUT2D eigenvalue weighted by Gasteiger charge is -1.99. The number of carbonyl (C=O) groups is 1. The summed E-state index contributed by atoms with van der Waals surface area (Å²) in [6.45, 7) is 5.57. The van der Waals surface area contributed by atoms with Crippen LogP contribution in [-0.2, 0) is 11.2 Å². The van der Waals surface area contributed by atoms with E-state index in [-0.39, 0.29) is 5.78 Å². The smallest absolute Gasteiger partial charge is 0.141 e. The van der Waals surface area contributed by atoms with Gasteiger partial charge in [0, 0.05) is 25.2 Å². The Labute approximate surface area is 78.3 Å². The summed E-state index contributed by atoms with van der Waals surface area (Å²) in [5.74, 6) is 0.207. The van der Waals surface area contributed by atoms with E-state index in [2.05, 4.69) is 11.6 Å². The molecule has 13 heavy (non-hydrogen) atoms. The van der Waals surface area contributed by atoms with Crippen LogP contribution in [0.25, 0.3) is 0 Å². The molecule has 2 nitrogen and oxygen atoms in total. The molecule has 0 aliphatic heterocycles. The maximum absolute atomic E-state index is 11.3. The van der Waals surface area contributed by atoms with Crippen molar-refractivity contribution >= 4 is 5.78 Å². The second-order valence-corrected chi connectivity index (χ2v) is 3.20. The second kappa shape index (κ2) is 4.55. The summed E-state index contributed by atoms with van der Waals surface area (Å²) in [7, 11) is 0. The Balaban J connectivity index is 2.50. The lowest BCUT2D eigenvalue weighted by atomic mass is 10.1. The molecular weight excluding hydrogens is 162 g/mol. The molecule has 0 spiro atoms. The fraction of sp³-hybridized carbons (Fsp3) is 0.273. The third-order valence-electron chi connectivity index (χ3n) is 1.65. The van der Waals surface area contributed by atoms with Gasteiger partial charge in [0.1, 0.15) is 5.78 Å². The monoisotopic (exact) mass is 175 g/mol. The first-order valence-electron chi connectivity index (χ1n) is 4.23.